The van der Waals surface area contributed by atoms with Crippen molar-refractivity contribution in [1.82, 2.24) is 0 Å². The minimum absolute atomic E-state index is 0.0945. The van der Waals surface area contributed by atoms with Crippen molar-refractivity contribution in [3.05, 3.63) is 61.0 Å². The monoisotopic (exact) mass is 368 g/mol. The second-order valence-corrected chi connectivity index (χ2v) is 5.78. The Labute approximate surface area is 140 Å². The van der Waals surface area contributed by atoms with Gasteiger partial charge in [0, 0.05) is 11.1 Å². The lowest BCUT2D eigenvalue weighted by Gasteiger charge is -2.08. The van der Waals surface area contributed by atoms with Crippen LogP contribution in [-0.2, 0) is 0 Å². The maximum absolute atomic E-state index is 12.0. The van der Waals surface area contributed by atoms with Crippen LogP contribution in [-0.4, -0.2) is 5.97 Å². The highest BCUT2D eigenvalue weighted by molar-refractivity contribution is 6.43. The standard InChI is InChI=1S/C13H5Cl5O2/c14-6-1-2-7(8(15)3-6)13(19)20-12-5-10(17)9(16)4-11(12)18/h1-5H. The van der Waals surface area contributed by atoms with Crippen LogP contribution in [0.15, 0.2) is 30.3 Å². The highest BCUT2D eigenvalue weighted by Gasteiger charge is 2.16. The molecule has 0 unspecified atom stereocenters. The molecule has 0 saturated carbocycles. The van der Waals surface area contributed by atoms with Gasteiger partial charge >= 0.3 is 5.97 Å². The van der Waals surface area contributed by atoms with E-state index < -0.39 is 5.97 Å². The van der Waals surface area contributed by atoms with E-state index in [2.05, 4.69) is 0 Å². The van der Waals surface area contributed by atoms with Crippen LogP contribution in [0.3, 0.4) is 0 Å². The molecule has 0 aromatic heterocycles. The SMILES string of the molecule is O=C(Oc1cc(Cl)c(Cl)cc1Cl)c1ccc(Cl)cc1Cl. The number of carbonyl (C=O) groups is 1. The van der Waals surface area contributed by atoms with Gasteiger partial charge in [0.2, 0.25) is 0 Å². The van der Waals surface area contributed by atoms with Crippen molar-refractivity contribution in [2.24, 2.45) is 0 Å². The maximum Gasteiger partial charge on any atom is 0.345 e. The number of rotatable bonds is 2. The van der Waals surface area contributed by atoms with Gasteiger partial charge in [-0.2, -0.15) is 0 Å². The molecular weight excluding hydrogens is 365 g/mol. The number of hydrogen-bond acceptors (Lipinski definition) is 2. The Morgan fingerprint density at radius 1 is 0.800 bits per heavy atom. The van der Waals surface area contributed by atoms with Gasteiger partial charge in [0.25, 0.3) is 0 Å². The number of esters is 1. The first-order valence-electron chi connectivity index (χ1n) is 5.20. The normalized spacial score (nSPS) is 10.4. The average Bonchev–Trinajstić information content (AvgIpc) is 2.35. The van der Waals surface area contributed by atoms with Crippen molar-refractivity contribution in [2.45, 2.75) is 0 Å². The van der Waals surface area contributed by atoms with Crippen LogP contribution < -0.4 is 4.74 Å². The predicted molar refractivity (Wildman–Crippen MR) is 82.9 cm³/mol. The predicted octanol–water partition coefficient (Wildman–Crippen LogP) is 6.17. The van der Waals surface area contributed by atoms with Crippen molar-refractivity contribution in [2.75, 3.05) is 0 Å². The fourth-order valence-electron chi connectivity index (χ4n) is 1.39. The Morgan fingerprint density at radius 2 is 1.45 bits per heavy atom. The van der Waals surface area contributed by atoms with Crippen molar-refractivity contribution >= 4 is 64.0 Å². The van der Waals surface area contributed by atoms with E-state index in [0.717, 1.165) is 0 Å². The first-order chi connectivity index (χ1) is 9.38. The first-order valence-corrected chi connectivity index (χ1v) is 7.09. The second-order valence-electron chi connectivity index (χ2n) is 3.71. The van der Waals surface area contributed by atoms with E-state index in [4.69, 9.17) is 62.7 Å². The van der Waals surface area contributed by atoms with Gasteiger partial charge in [0.1, 0.15) is 0 Å². The molecule has 0 radical (unpaired) electrons. The van der Waals surface area contributed by atoms with E-state index in [1.54, 1.807) is 0 Å². The zero-order valence-corrected chi connectivity index (χ0v) is 13.4. The molecule has 0 saturated heterocycles. The largest absolute Gasteiger partial charge is 0.421 e. The molecule has 2 aromatic rings. The van der Waals surface area contributed by atoms with Gasteiger partial charge in [-0.15, -0.1) is 0 Å². The lowest BCUT2D eigenvalue weighted by atomic mass is 10.2. The summed E-state index contributed by atoms with van der Waals surface area (Å²) in [5.74, 6) is -0.580. The van der Waals surface area contributed by atoms with Gasteiger partial charge in [0.15, 0.2) is 5.75 Å². The Morgan fingerprint density at radius 3 is 2.10 bits per heavy atom. The molecule has 0 spiro atoms. The van der Waals surface area contributed by atoms with Gasteiger partial charge < -0.3 is 4.74 Å². The third-order valence-electron chi connectivity index (χ3n) is 2.33. The molecule has 0 aliphatic carbocycles. The van der Waals surface area contributed by atoms with E-state index in [0.29, 0.717) is 5.02 Å². The van der Waals surface area contributed by atoms with E-state index in [1.807, 2.05) is 0 Å². The van der Waals surface area contributed by atoms with Crippen LogP contribution >= 0.6 is 58.0 Å². The summed E-state index contributed by atoms with van der Waals surface area (Å²) in [6.45, 7) is 0. The van der Waals surface area contributed by atoms with E-state index >= 15 is 0 Å². The third-order valence-corrected chi connectivity index (χ3v) is 3.89. The van der Waals surface area contributed by atoms with Crippen molar-refractivity contribution in [3.8, 4) is 5.75 Å². The minimum Gasteiger partial charge on any atom is -0.421 e. The highest BCUT2D eigenvalue weighted by Crippen LogP contribution is 2.34. The molecule has 0 fully saturated rings. The molecule has 0 bridgehead atoms. The van der Waals surface area contributed by atoms with E-state index in [1.165, 1.54) is 30.3 Å². The molecule has 2 rings (SSSR count). The Hall–Kier alpha value is -0.640. The Kier molecular flexibility index (Phi) is 5.05. The summed E-state index contributed by atoms with van der Waals surface area (Å²) in [6, 6.07) is 7.17. The molecule has 20 heavy (non-hydrogen) atoms. The van der Waals surface area contributed by atoms with Gasteiger partial charge in [-0.3, -0.25) is 0 Å². The average molecular weight is 370 g/mol. The number of halogens is 5. The molecule has 0 aliphatic rings. The maximum atomic E-state index is 12.0. The number of ether oxygens (including phenoxy) is 1. The van der Waals surface area contributed by atoms with Crippen molar-refractivity contribution < 1.29 is 9.53 Å². The summed E-state index contributed by atoms with van der Waals surface area (Å²) in [4.78, 5) is 12.0. The lowest BCUT2D eigenvalue weighted by Crippen LogP contribution is -2.09. The van der Waals surface area contributed by atoms with Crippen LogP contribution in [0.2, 0.25) is 25.1 Å². The van der Waals surface area contributed by atoms with Crippen LogP contribution in [0.1, 0.15) is 10.4 Å². The summed E-state index contributed by atoms with van der Waals surface area (Å²) < 4.78 is 5.15. The molecule has 0 heterocycles. The molecule has 104 valence electrons. The summed E-state index contributed by atoms with van der Waals surface area (Å²) in [5, 5.41) is 1.25. The molecule has 0 aliphatic heterocycles. The first kappa shape index (κ1) is 15.7. The topological polar surface area (TPSA) is 26.3 Å². The van der Waals surface area contributed by atoms with Gasteiger partial charge in [-0.05, 0) is 24.3 Å². The molecule has 0 N–H and O–H groups in total. The zero-order chi connectivity index (χ0) is 14.9. The van der Waals surface area contributed by atoms with Crippen molar-refractivity contribution in [1.29, 1.82) is 0 Å². The van der Waals surface area contributed by atoms with Crippen LogP contribution in [0.25, 0.3) is 0 Å². The fraction of sp³-hybridized carbons (Fsp3) is 0. The number of carbonyl (C=O) groups excluding carboxylic acids is 1. The van der Waals surface area contributed by atoms with Gasteiger partial charge in [0.05, 0.1) is 25.7 Å². The quantitative estimate of drug-likeness (QED) is 0.359. The summed E-state index contributed by atoms with van der Waals surface area (Å²) >= 11 is 29.2. The molecule has 0 amide bonds. The second kappa shape index (κ2) is 6.42. The molecule has 2 nitrogen and oxygen atoms in total. The van der Waals surface area contributed by atoms with Crippen LogP contribution in [0.4, 0.5) is 0 Å². The Balaban J connectivity index is 2.30. The minimum atomic E-state index is -0.674. The third kappa shape index (κ3) is 3.51. The Bertz CT molecular complexity index is 685. The summed E-state index contributed by atoms with van der Waals surface area (Å²) in [6.07, 6.45) is 0. The van der Waals surface area contributed by atoms with Gasteiger partial charge in [-0.1, -0.05) is 58.0 Å². The molecule has 7 heteroatoms. The number of benzene rings is 2. The van der Waals surface area contributed by atoms with Crippen LogP contribution in [0.5, 0.6) is 5.75 Å². The van der Waals surface area contributed by atoms with E-state index in [9.17, 15) is 4.79 Å². The smallest absolute Gasteiger partial charge is 0.345 e. The van der Waals surface area contributed by atoms with E-state index in [-0.39, 0.29) is 31.4 Å². The fourth-order valence-corrected chi connectivity index (χ4v) is 2.45. The summed E-state index contributed by atoms with van der Waals surface area (Å²) in [5.41, 5.74) is 0.165. The molecular formula is C13H5Cl5O2. The van der Waals surface area contributed by atoms with Crippen molar-refractivity contribution in [3.63, 3.8) is 0 Å². The zero-order valence-electron chi connectivity index (χ0n) is 9.59. The lowest BCUT2D eigenvalue weighted by molar-refractivity contribution is 0.0735. The number of hydrogen-bond donors (Lipinski definition) is 0. The van der Waals surface area contributed by atoms with Crippen LogP contribution in [0, 0.1) is 0 Å². The van der Waals surface area contributed by atoms with Gasteiger partial charge in [-0.25, -0.2) is 4.79 Å². The molecule has 2 aromatic carbocycles. The summed E-state index contributed by atoms with van der Waals surface area (Å²) in [7, 11) is 0. The highest BCUT2D eigenvalue weighted by atomic mass is 35.5. The molecule has 0 atom stereocenters.